The molecule has 0 amide bonds. The molecule has 1 rings (SSSR count). The van der Waals surface area contributed by atoms with Gasteiger partial charge in [0.1, 0.15) is 6.10 Å². The number of hydrogen-bond acceptors (Lipinski definition) is 20. The summed E-state index contributed by atoms with van der Waals surface area (Å²) in [6.07, 6.45) is 2.32. The molecular formula is C53H116N4O16. The Hall–Kier alpha value is -0.800. The van der Waals surface area contributed by atoms with Crippen LogP contribution in [0.4, 0.5) is 0 Å². The SMILES string of the molecule is C.CC(N)COCCOC(C)COCC(C)N.CCCOCC(O)CN(CC(O)COCCC)C(C)COCCOC(C)COCC(C)N(CC(O)COCCC)CC(O)COCCC.CCCOCC1CO1. The zero-order valence-corrected chi connectivity index (χ0v) is 47.3. The summed E-state index contributed by atoms with van der Waals surface area (Å²) in [6.45, 7) is 34.2. The Kier molecular flexibility index (Phi) is 57.1. The van der Waals surface area contributed by atoms with Crippen molar-refractivity contribution >= 4 is 0 Å². The number of hydrogen-bond donors (Lipinski definition) is 6. The van der Waals surface area contributed by atoms with E-state index in [0.29, 0.717) is 125 Å². The average molecular weight is 1070 g/mol. The van der Waals surface area contributed by atoms with Gasteiger partial charge in [0.25, 0.3) is 0 Å². The molecule has 11 unspecified atom stereocenters. The normalized spacial score (nSPS) is 17.5. The monoisotopic (exact) mass is 1060 g/mol. The summed E-state index contributed by atoms with van der Waals surface area (Å²) in [7, 11) is 0. The summed E-state index contributed by atoms with van der Waals surface area (Å²) < 4.78 is 66.0. The van der Waals surface area contributed by atoms with Gasteiger partial charge in [0.05, 0.1) is 142 Å². The maximum atomic E-state index is 10.5. The second kappa shape index (κ2) is 54.6. The van der Waals surface area contributed by atoms with E-state index in [-0.39, 0.29) is 70.2 Å². The lowest BCUT2D eigenvalue weighted by Crippen LogP contribution is -2.47. The van der Waals surface area contributed by atoms with Crippen LogP contribution in [0.15, 0.2) is 0 Å². The second-order valence-corrected chi connectivity index (χ2v) is 19.1. The van der Waals surface area contributed by atoms with Crippen LogP contribution in [0.2, 0.25) is 0 Å². The van der Waals surface area contributed by atoms with Crippen molar-refractivity contribution in [1.82, 2.24) is 9.80 Å². The van der Waals surface area contributed by atoms with E-state index in [2.05, 4.69) is 6.92 Å². The van der Waals surface area contributed by atoms with E-state index in [1.807, 2.05) is 79.0 Å². The highest BCUT2D eigenvalue weighted by atomic mass is 16.6. The molecule has 0 spiro atoms. The Labute approximate surface area is 444 Å². The largest absolute Gasteiger partial charge is 0.389 e. The first kappa shape index (κ1) is 76.4. The third-order valence-electron chi connectivity index (χ3n) is 10.2. The van der Waals surface area contributed by atoms with Crippen molar-refractivity contribution in [1.29, 1.82) is 0 Å². The molecule has 0 radical (unpaired) electrons. The van der Waals surface area contributed by atoms with Gasteiger partial charge < -0.3 is 88.7 Å². The summed E-state index contributed by atoms with van der Waals surface area (Å²) in [5, 5.41) is 42.0. The molecule has 1 aliphatic rings. The molecule has 0 saturated carbocycles. The van der Waals surface area contributed by atoms with Crippen LogP contribution in [0.1, 0.15) is 116 Å². The van der Waals surface area contributed by atoms with Gasteiger partial charge in [-0.05, 0) is 73.6 Å². The molecule has 0 bridgehead atoms. The molecule has 444 valence electrons. The summed E-state index contributed by atoms with van der Waals surface area (Å²) in [4.78, 5) is 4.02. The molecule has 0 aliphatic carbocycles. The number of aliphatic hydroxyl groups is 4. The maximum Gasteiger partial charge on any atom is 0.104 e. The Morgan fingerprint density at radius 2 is 0.699 bits per heavy atom. The first-order valence-electron chi connectivity index (χ1n) is 27.3. The van der Waals surface area contributed by atoms with Gasteiger partial charge in [-0.2, -0.15) is 0 Å². The number of rotatable bonds is 50. The lowest BCUT2D eigenvalue weighted by molar-refractivity contribution is -0.0588. The van der Waals surface area contributed by atoms with E-state index < -0.39 is 24.4 Å². The van der Waals surface area contributed by atoms with Gasteiger partial charge in [0.2, 0.25) is 0 Å². The predicted octanol–water partition coefficient (Wildman–Crippen LogP) is 3.52. The molecule has 0 aromatic carbocycles. The van der Waals surface area contributed by atoms with Crippen molar-refractivity contribution in [2.24, 2.45) is 11.5 Å². The van der Waals surface area contributed by atoms with E-state index in [0.717, 1.165) is 51.9 Å². The quantitative estimate of drug-likeness (QED) is 0.0377. The van der Waals surface area contributed by atoms with Gasteiger partial charge in [0, 0.05) is 83.4 Å². The number of epoxide rings is 1. The third kappa shape index (κ3) is 54.4. The Bertz CT molecular complexity index is 1060. The molecular weight excluding hydrogens is 949 g/mol. The molecule has 8 N–H and O–H groups in total. The Morgan fingerprint density at radius 3 is 1.03 bits per heavy atom. The van der Waals surface area contributed by atoms with Crippen LogP contribution in [-0.2, 0) is 56.8 Å². The first-order valence-corrected chi connectivity index (χ1v) is 27.3. The second-order valence-electron chi connectivity index (χ2n) is 19.1. The van der Waals surface area contributed by atoms with E-state index in [1.165, 1.54) is 0 Å². The number of nitrogens with zero attached hydrogens (tertiary/aromatic N) is 2. The molecule has 0 aromatic heterocycles. The Morgan fingerprint density at radius 1 is 0.411 bits per heavy atom. The molecule has 73 heavy (non-hydrogen) atoms. The summed E-state index contributed by atoms with van der Waals surface area (Å²) in [6, 6.07) is 0.0405. The van der Waals surface area contributed by atoms with E-state index in [4.69, 9.17) is 68.3 Å². The van der Waals surface area contributed by atoms with E-state index >= 15 is 0 Å². The van der Waals surface area contributed by atoms with Crippen molar-refractivity contribution < 1.29 is 77.3 Å². The minimum Gasteiger partial charge on any atom is -0.389 e. The molecule has 1 aliphatic heterocycles. The zero-order valence-electron chi connectivity index (χ0n) is 47.3. The number of ether oxygens (including phenoxy) is 12. The van der Waals surface area contributed by atoms with Crippen molar-refractivity contribution in [2.75, 3.05) is 165 Å². The highest BCUT2D eigenvalue weighted by Gasteiger charge is 2.24. The standard InChI is InChI=1S/C35H74N2O11.C11H26N2O3.C6H12O2.CH4/c1-8-12-42-25-32(38)18-36(19-33(39)26-43-13-9-2)29(5)22-46-16-17-48-31(7)24-47-23-30(6)37(20-34(40)27-44-14-10-3)21-35(41)28-45-15-11-4;1-9(12)6-14-4-5-16-11(3)8-15-7-10(2)13;1-2-3-7-4-6-5-8-6;/h29-35,38-41H,8-28H2,1-7H3;9-11H,4-8,12-13H2,1-3H3;6H,2-5H2,1H3;1H4. The molecule has 11 atom stereocenters. The average Bonchev–Trinajstić information content (AvgIpc) is 4.16. The van der Waals surface area contributed by atoms with Crippen LogP contribution in [0.3, 0.4) is 0 Å². The fourth-order valence-corrected chi connectivity index (χ4v) is 6.41. The van der Waals surface area contributed by atoms with Crippen molar-refractivity contribution in [2.45, 2.75) is 183 Å². The Balaban J connectivity index is -0.00000159. The highest BCUT2D eigenvalue weighted by molar-refractivity contribution is 4.76. The molecule has 0 aromatic rings. The molecule has 1 heterocycles. The third-order valence-corrected chi connectivity index (χ3v) is 10.2. The van der Waals surface area contributed by atoms with E-state index in [1.54, 1.807) is 0 Å². The van der Waals surface area contributed by atoms with E-state index in [9.17, 15) is 20.4 Å². The number of aliphatic hydroxyl groups excluding tert-OH is 4. The number of nitrogens with two attached hydrogens (primary N) is 2. The van der Waals surface area contributed by atoms with Gasteiger partial charge in [-0.1, -0.05) is 42.0 Å². The fraction of sp³-hybridized carbons (Fsp3) is 1.00. The summed E-state index contributed by atoms with van der Waals surface area (Å²) in [5.41, 5.74) is 11.1. The maximum absolute atomic E-state index is 10.5. The van der Waals surface area contributed by atoms with Gasteiger partial charge in [-0.3, -0.25) is 9.80 Å². The lowest BCUT2D eigenvalue weighted by atomic mass is 10.2. The minimum atomic E-state index is -0.672. The van der Waals surface area contributed by atoms with Crippen LogP contribution >= 0.6 is 0 Å². The van der Waals surface area contributed by atoms with Crippen LogP contribution < -0.4 is 11.5 Å². The zero-order chi connectivity index (χ0) is 54.2. The summed E-state index contributed by atoms with van der Waals surface area (Å²) in [5.74, 6) is 0. The van der Waals surface area contributed by atoms with Crippen LogP contribution in [0.5, 0.6) is 0 Å². The van der Waals surface area contributed by atoms with Gasteiger partial charge in [0.15, 0.2) is 0 Å². The first-order chi connectivity index (χ1) is 34.5. The lowest BCUT2D eigenvalue weighted by Gasteiger charge is -2.32. The molecule has 20 heteroatoms. The summed E-state index contributed by atoms with van der Waals surface area (Å²) >= 11 is 0. The highest BCUT2D eigenvalue weighted by Crippen LogP contribution is 2.10. The fourth-order valence-electron chi connectivity index (χ4n) is 6.41. The van der Waals surface area contributed by atoms with Crippen LogP contribution in [0, 0.1) is 0 Å². The van der Waals surface area contributed by atoms with Gasteiger partial charge in [-0.25, -0.2) is 0 Å². The molecule has 20 nitrogen and oxygen atoms in total. The van der Waals surface area contributed by atoms with Gasteiger partial charge in [-0.15, -0.1) is 0 Å². The predicted molar refractivity (Wildman–Crippen MR) is 290 cm³/mol. The smallest absolute Gasteiger partial charge is 0.104 e. The van der Waals surface area contributed by atoms with Crippen molar-refractivity contribution in [3.05, 3.63) is 0 Å². The van der Waals surface area contributed by atoms with Crippen molar-refractivity contribution in [3.8, 4) is 0 Å². The molecule has 1 fully saturated rings. The topological polar surface area (TPSA) is 253 Å². The minimum absolute atomic E-state index is 0. The van der Waals surface area contributed by atoms with Crippen LogP contribution in [0.25, 0.3) is 0 Å². The van der Waals surface area contributed by atoms with Crippen molar-refractivity contribution in [3.63, 3.8) is 0 Å². The van der Waals surface area contributed by atoms with Gasteiger partial charge >= 0.3 is 0 Å². The van der Waals surface area contributed by atoms with Crippen LogP contribution in [-0.4, -0.2) is 262 Å². The molecule has 1 saturated heterocycles.